The smallest absolute Gasteiger partial charge is 0.223 e. The van der Waals surface area contributed by atoms with Gasteiger partial charge in [-0.15, -0.1) is 0 Å². The van der Waals surface area contributed by atoms with E-state index in [4.69, 9.17) is 9.26 Å². The maximum absolute atomic E-state index is 12.7. The number of nitrogens with zero attached hydrogens (tertiary/aromatic N) is 2. The Balaban J connectivity index is 1.68. The maximum atomic E-state index is 12.7. The van der Waals surface area contributed by atoms with Gasteiger partial charge >= 0.3 is 0 Å². The van der Waals surface area contributed by atoms with Crippen LogP contribution in [0.5, 0.6) is 0 Å². The average Bonchev–Trinajstić information content (AvgIpc) is 3.07. The van der Waals surface area contributed by atoms with Crippen molar-refractivity contribution < 1.29 is 14.1 Å². The minimum atomic E-state index is -0.299. The molecule has 5 nitrogen and oxygen atoms in total. The molecule has 0 spiro atoms. The summed E-state index contributed by atoms with van der Waals surface area (Å²) in [5.41, 5.74) is 1.62. The lowest BCUT2D eigenvalue weighted by Crippen LogP contribution is -2.56. The lowest BCUT2D eigenvalue weighted by Gasteiger charge is -2.45. The van der Waals surface area contributed by atoms with Gasteiger partial charge in [0.15, 0.2) is 0 Å². The third-order valence-electron chi connectivity index (χ3n) is 4.28. The molecule has 0 N–H and O–H groups in total. The van der Waals surface area contributed by atoms with Crippen molar-refractivity contribution in [2.45, 2.75) is 38.3 Å². The van der Waals surface area contributed by atoms with Crippen LogP contribution < -0.4 is 0 Å². The number of benzene rings is 1. The SMILES string of the molecule is CC1(C)COC(c2ccccc2)CN1C(=O)CCc1ccon1. The van der Waals surface area contributed by atoms with Crippen LogP contribution in [0.25, 0.3) is 0 Å². The molecule has 1 fully saturated rings. The van der Waals surface area contributed by atoms with Crippen molar-refractivity contribution in [3.63, 3.8) is 0 Å². The second-order valence-electron chi connectivity index (χ2n) is 6.52. The molecule has 1 atom stereocenters. The first-order valence-corrected chi connectivity index (χ1v) is 7.92. The van der Waals surface area contributed by atoms with Crippen LogP contribution in [0.15, 0.2) is 47.2 Å². The number of morpholine rings is 1. The lowest BCUT2D eigenvalue weighted by molar-refractivity contribution is -0.154. The molecule has 0 aliphatic carbocycles. The van der Waals surface area contributed by atoms with E-state index in [1.807, 2.05) is 49.1 Å². The van der Waals surface area contributed by atoms with Crippen LogP contribution >= 0.6 is 0 Å². The van der Waals surface area contributed by atoms with E-state index in [-0.39, 0.29) is 17.6 Å². The topological polar surface area (TPSA) is 55.6 Å². The minimum absolute atomic E-state index is 0.0692. The van der Waals surface area contributed by atoms with Gasteiger partial charge in [0.1, 0.15) is 12.4 Å². The lowest BCUT2D eigenvalue weighted by atomic mass is 9.97. The number of aromatic nitrogens is 1. The summed E-state index contributed by atoms with van der Waals surface area (Å²) in [6.07, 6.45) is 2.49. The Morgan fingerprint density at radius 1 is 1.30 bits per heavy atom. The number of carbonyl (C=O) groups is 1. The Morgan fingerprint density at radius 2 is 2.09 bits per heavy atom. The summed E-state index contributed by atoms with van der Waals surface area (Å²) < 4.78 is 10.8. The van der Waals surface area contributed by atoms with Gasteiger partial charge in [-0.1, -0.05) is 35.5 Å². The van der Waals surface area contributed by atoms with Crippen LogP contribution in [-0.2, 0) is 16.0 Å². The third kappa shape index (κ3) is 3.62. The van der Waals surface area contributed by atoms with Crippen LogP contribution in [-0.4, -0.2) is 34.7 Å². The zero-order valence-electron chi connectivity index (χ0n) is 13.6. The van der Waals surface area contributed by atoms with Crippen LogP contribution in [0.2, 0.25) is 0 Å². The molecule has 1 aromatic heterocycles. The number of ether oxygens (including phenoxy) is 1. The van der Waals surface area contributed by atoms with Gasteiger partial charge in [-0.05, 0) is 19.4 Å². The van der Waals surface area contributed by atoms with E-state index in [9.17, 15) is 4.79 Å². The summed E-state index contributed by atoms with van der Waals surface area (Å²) in [7, 11) is 0. The van der Waals surface area contributed by atoms with E-state index in [1.165, 1.54) is 6.26 Å². The van der Waals surface area contributed by atoms with E-state index in [0.717, 1.165) is 11.3 Å². The van der Waals surface area contributed by atoms with Gasteiger partial charge in [0.2, 0.25) is 5.91 Å². The third-order valence-corrected chi connectivity index (χ3v) is 4.28. The fourth-order valence-electron chi connectivity index (χ4n) is 2.89. The molecule has 0 bridgehead atoms. The molecule has 122 valence electrons. The largest absolute Gasteiger partial charge is 0.369 e. The number of hydrogen-bond donors (Lipinski definition) is 0. The summed E-state index contributed by atoms with van der Waals surface area (Å²) in [4.78, 5) is 14.6. The van der Waals surface area contributed by atoms with Crippen LogP contribution in [0, 0.1) is 0 Å². The number of aryl methyl sites for hydroxylation is 1. The first-order valence-electron chi connectivity index (χ1n) is 7.92. The predicted octanol–water partition coefficient (Wildman–Crippen LogP) is 2.99. The van der Waals surface area contributed by atoms with E-state index < -0.39 is 0 Å². The Morgan fingerprint density at radius 3 is 2.78 bits per heavy atom. The molecule has 0 radical (unpaired) electrons. The highest BCUT2D eigenvalue weighted by Crippen LogP contribution is 2.30. The van der Waals surface area contributed by atoms with Gasteiger partial charge in [-0.25, -0.2) is 0 Å². The number of carbonyl (C=O) groups excluding carboxylic acids is 1. The Labute approximate surface area is 136 Å². The fourth-order valence-corrected chi connectivity index (χ4v) is 2.89. The molecule has 1 amide bonds. The van der Waals surface area contributed by atoms with Crippen molar-refractivity contribution in [3.8, 4) is 0 Å². The molecule has 1 aromatic carbocycles. The van der Waals surface area contributed by atoms with Crippen molar-refractivity contribution in [2.75, 3.05) is 13.2 Å². The first kappa shape index (κ1) is 15.7. The molecule has 1 unspecified atom stereocenters. The summed E-state index contributed by atoms with van der Waals surface area (Å²) in [5, 5.41) is 3.86. The zero-order valence-corrected chi connectivity index (χ0v) is 13.6. The normalized spacial score (nSPS) is 20.4. The molecule has 0 saturated carbocycles. The van der Waals surface area contributed by atoms with Crippen molar-refractivity contribution >= 4 is 5.91 Å². The second-order valence-corrected chi connectivity index (χ2v) is 6.52. The zero-order chi connectivity index (χ0) is 16.3. The highest BCUT2D eigenvalue weighted by molar-refractivity contribution is 5.77. The van der Waals surface area contributed by atoms with E-state index in [0.29, 0.717) is 26.0 Å². The van der Waals surface area contributed by atoms with Crippen molar-refractivity contribution in [3.05, 3.63) is 53.9 Å². The van der Waals surface area contributed by atoms with Gasteiger partial charge in [-0.2, -0.15) is 0 Å². The molecular formula is C18H22N2O3. The summed E-state index contributed by atoms with van der Waals surface area (Å²) in [6, 6.07) is 11.9. The number of rotatable bonds is 4. The van der Waals surface area contributed by atoms with Gasteiger partial charge < -0.3 is 14.2 Å². The standard InChI is InChI=1S/C18H22N2O3/c1-18(2)13-22-16(14-6-4-3-5-7-14)12-20(18)17(21)9-8-15-10-11-23-19-15/h3-7,10-11,16H,8-9,12-13H2,1-2H3. The molecule has 1 aliphatic heterocycles. The number of amides is 1. The minimum Gasteiger partial charge on any atom is -0.369 e. The predicted molar refractivity (Wildman–Crippen MR) is 85.8 cm³/mol. The van der Waals surface area contributed by atoms with E-state index in [1.54, 1.807) is 6.07 Å². The molecule has 3 rings (SSSR count). The van der Waals surface area contributed by atoms with Gasteiger partial charge in [0.05, 0.1) is 24.4 Å². The number of hydrogen-bond acceptors (Lipinski definition) is 4. The summed E-state index contributed by atoms with van der Waals surface area (Å²) >= 11 is 0. The highest BCUT2D eigenvalue weighted by atomic mass is 16.5. The van der Waals surface area contributed by atoms with Gasteiger partial charge in [0, 0.05) is 18.9 Å². The Kier molecular flexibility index (Phi) is 4.48. The molecule has 1 aliphatic rings. The summed E-state index contributed by atoms with van der Waals surface area (Å²) in [6.45, 7) is 5.20. The molecule has 23 heavy (non-hydrogen) atoms. The Hall–Kier alpha value is -2.14. The van der Waals surface area contributed by atoms with Crippen LogP contribution in [0.3, 0.4) is 0 Å². The monoisotopic (exact) mass is 314 g/mol. The molecule has 2 aromatic rings. The molecular weight excluding hydrogens is 292 g/mol. The second kappa shape index (κ2) is 6.54. The van der Waals surface area contributed by atoms with Crippen molar-refractivity contribution in [1.82, 2.24) is 10.1 Å². The fraction of sp³-hybridized carbons (Fsp3) is 0.444. The van der Waals surface area contributed by atoms with E-state index >= 15 is 0 Å². The van der Waals surface area contributed by atoms with Crippen LogP contribution in [0.1, 0.15) is 37.6 Å². The van der Waals surface area contributed by atoms with Gasteiger partial charge in [0.25, 0.3) is 0 Å². The van der Waals surface area contributed by atoms with Crippen LogP contribution in [0.4, 0.5) is 0 Å². The first-order chi connectivity index (χ1) is 11.1. The van der Waals surface area contributed by atoms with E-state index in [2.05, 4.69) is 5.16 Å². The Bertz CT molecular complexity index is 638. The average molecular weight is 314 g/mol. The summed E-state index contributed by atoms with van der Waals surface area (Å²) in [5.74, 6) is 0.127. The molecule has 2 heterocycles. The highest BCUT2D eigenvalue weighted by Gasteiger charge is 2.38. The molecule has 5 heteroatoms. The van der Waals surface area contributed by atoms with Gasteiger partial charge in [-0.3, -0.25) is 4.79 Å². The quantitative estimate of drug-likeness (QED) is 0.870. The maximum Gasteiger partial charge on any atom is 0.223 e. The van der Waals surface area contributed by atoms with Crippen molar-refractivity contribution in [2.24, 2.45) is 0 Å². The van der Waals surface area contributed by atoms with Crippen molar-refractivity contribution in [1.29, 1.82) is 0 Å². The molecule has 1 saturated heterocycles.